The van der Waals surface area contributed by atoms with E-state index in [4.69, 9.17) is 5.73 Å². The summed E-state index contributed by atoms with van der Waals surface area (Å²) in [6.07, 6.45) is 0. The number of nitrogens with two attached hydrogens (primary N) is 1. The zero-order valence-electron chi connectivity index (χ0n) is 11.0. The zero-order valence-corrected chi connectivity index (χ0v) is 13.1. The van der Waals surface area contributed by atoms with E-state index < -0.39 is 0 Å². The van der Waals surface area contributed by atoms with E-state index in [1.54, 1.807) is 6.07 Å². The number of aromatic nitrogens is 2. The first kappa shape index (κ1) is 13.6. The Labute approximate surface area is 120 Å². The topological polar surface area (TPSA) is 43.8 Å². The Morgan fingerprint density at radius 3 is 2.56 bits per heavy atom. The third kappa shape index (κ3) is 2.20. The van der Waals surface area contributed by atoms with Gasteiger partial charge in [0.15, 0.2) is 0 Å². The average molecular weight is 361 g/mol. The van der Waals surface area contributed by atoms with Crippen LogP contribution in [0, 0.1) is 14.8 Å². The molecular formula is C13H17FIN3. The van der Waals surface area contributed by atoms with Crippen molar-refractivity contribution in [1.29, 1.82) is 0 Å². The van der Waals surface area contributed by atoms with Gasteiger partial charge < -0.3 is 10.3 Å². The lowest BCUT2D eigenvalue weighted by Gasteiger charge is -2.29. The van der Waals surface area contributed by atoms with Crippen LogP contribution in [0.3, 0.4) is 0 Å². The molecule has 18 heavy (non-hydrogen) atoms. The Morgan fingerprint density at radius 2 is 2.00 bits per heavy atom. The Balaban J connectivity index is 2.71. The third-order valence-electron chi connectivity index (χ3n) is 3.40. The predicted octanol–water partition coefficient (Wildman–Crippen LogP) is 3.97. The highest BCUT2D eigenvalue weighted by atomic mass is 127. The standard InChI is InChI=1S/C13H17FIN3/c1-7(13(2,3)4)18-11-5-8(14)9(15)6-10(11)17-12(18)16/h5-7H,1-4H3,(H2,16,17). The maximum Gasteiger partial charge on any atom is 0.201 e. The second-order valence-corrected chi connectivity index (χ2v) is 6.80. The molecule has 1 unspecified atom stereocenters. The van der Waals surface area contributed by atoms with Gasteiger partial charge in [-0.15, -0.1) is 0 Å². The van der Waals surface area contributed by atoms with Crippen LogP contribution >= 0.6 is 22.6 Å². The van der Waals surface area contributed by atoms with E-state index in [-0.39, 0.29) is 17.3 Å². The van der Waals surface area contributed by atoms with Crippen molar-refractivity contribution in [2.24, 2.45) is 5.41 Å². The van der Waals surface area contributed by atoms with Gasteiger partial charge in [0, 0.05) is 12.1 Å². The fourth-order valence-electron chi connectivity index (χ4n) is 1.90. The molecule has 0 saturated heterocycles. The maximum absolute atomic E-state index is 13.7. The highest BCUT2D eigenvalue weighted by molar-refractivity contribution is 14.1. The second-order valence-electron chi connectivity index (χ2n) is 5.64. The number of halogens is 2. The number of hydrogen-bond donors (Lipinski definition) is 1. The van der Waals surface area contributed by atoms with Crippen molar-refractivity contribution in [3.05, 3.63) is 21.5 Å². The van der Waals surface area contributed by atoms with Gasteiger partial charge in [0.2, 0.25) is 5.95 Å². The van der Waals surface area contributed by atoms with Crippen LogP contribution in [0.1, 0.15) is 33.7 Å². The van der Waals surface area contributed by atoms with Crippen LogP contribution in [-0.4, -0.2) is 9.55 Å². The number of imidazole rings is 1. The van der Waals surface area contributed by atoms with Gasteiger partial charge in [0.05, 0.1) is 14.6 Å². The Hall–Kier alpha value is -0.850. The number of nitrogen functional groups attached to an aromatic ring is 1. The van der Waals surface area contributed by atoms with Crippen LogP contribution in [-0.2, 0) is 0 Å². The van der Waals surface area contributed by atoms with Gasteiger partial charge in [-0.05, 0) is 41.0 Å². The quantitative estimate of drug-likeness (QED) is 0.782. The van der Waals surface area contributed by atoms with E-state index in [1.807, 2.05) is 27.2 Å². The van der Waals surface area contributed by atoms with Gasteiger partial charge in [-0.2, -0.15) is 0 Å². The van der Waals surface area contributed by atoms with Gasteiger partial charge in [0.1, 0.15) is 5.82 Å². The molecule has 1 aromatic heterocycles. The molecular weight excluding hydrogens is 344 g/mol. The number of fused-ring (bicyclic) bond motifs is 1. The molecule has 2 N–H and O–H groups in total. The summed E-state index contributed by atoms with van der Waals surface area (Å²) in [6.45, 7) is 8.47. The molecule has 0 radical (unpaired) electrons. The van der Waals surface area contributed by atoms with Crippen molar-refractivity contribution in [2.45, 2.75) is 33.7 Å². The number of anilines is 1. The van der Waals surface area contributed by atoms with E-state index in [2.05, 4.69) is 32.7 Å². The third-order valence-corrected chi connectivity index (χ3v) is 4.23. The molecule has 0 aliphatic heterocycles. The summed E-state index contributed by atoms with van der Waals surface area (Å²) < 4.78 is 16.2. The molecule has 5 heteroatoms. The van der Waals surface area contributed by atoms with Crippen molar-refractivity contribution in [3.8, 4) is 0 Å². The van der Waals surface area contributed by atoms with Crippen LogP contribution in [0.5, 0.6) is 0 Å². The maximum atomic E-state index is 13.7. The van der Waals surface area contributed by atoms with Crippen LogP contribution in [0.2, 0.25) is 0 Å². The summed E-state index contributed by atoms with van der Waals surface area (Å²) in [6, 6.07) is 3.39. The van der Waals surface area contributed by atoms with E-state index in [0.29, 0.717) is 9.52 Å². The van der Waals surface area contributed by atoms with Crippen molar-refractivity contribution in [3.63, 3.8) is 0 Å². The number of benzene rings is 1. The Bertz CT molecular complexity index is 598. The molecule has 1 heterocycles. The second kappa shape index (κ2) is 4.36. The lowest BCUT2D eigenvalue weighted by Crippen LogP contribution is -2.22. The SMILES string of the molecule is CC(n1c(N)nc2cc(I)c(F)cc21)C(C)(C)C. The first-order valence-electron chi connectivity index (χ1n) is 5.84. The van der Waals surface area contributed by atoms with Gasteiger partial charge in [0.25, 0.3) is 0 Å². The zero-order chi connectivity index (χ0) is 13.7. The van der Waals surface area contributed by atoms with Crippen LogP contribution in [0.15, 0.2) is 12.1 Å². The lowest BCUT2D eigenvalue weighted by molar-refractivity contribution is 0.270. The molecule has 3 nitrogen and oxygen atoms in total. The van der Waals surface area contributed by atoms with Gasteiger partial charge >= 0.3 is 0 Å². The molecule has 2 aromatic rings. The minimum Gasteiger partial charge on any atom is -0.369 e. The highest BCUT2D eigenvalue weighted by Gasteiger charge is 2.25. The fourth-order valence-corrected chi connectivity index (χ4v) is 2.35. The summed E-state index contributed by atoms with van der Waals surface area (Å²) >= 11 is 1.96. The highest BCUT2D eigenvalue weighted by Crippen LogP contribution is 2.35. The van der Waals surface area contributed by atoms with E-state index in [9.17, 15) is 4.39 Å². The van der Waals surface area contributed by atoms with E-state index in [0.717, 1.165) is 11.0 Å². The van der Waals surface area contributed by atoms with Gasteiger partial charge in [-0.3, -0.25) is 0 Å². The minimum atomic E-state index is -0.231. The normalized spacial score (nSPS) is 14.1. The van der Waals surface area contributed by atoms with E-state index >= 15 is 0 Å². The van der Waals surface area contributed by atoms with Crippen molar-refractivity contribution < 1.29 is 4.39 Å². The lowest BCUT2D eigenvalue weighted by atomic mass is 9.88. The number of nitrogens with zero attached hydrogens (tertiary/aromatic N) is 2. The molecule has 0 aliphatic carbocycles. The molecule has 1 atom stereocenters. The monoisotopic (exact) mass is 361 g/mol. The van der Waals surface area contributed by atoms with Crippen LogP contribution < -0.4 is 5.73 Å². The summed E-state index contributed by atoms with van der Waals surface area (Å²) in [5.74, 6) is 0.208. The van der Waals surface area contributed by atoms with Crippen molar-refractivity contribution in [1.82, 2.24) is 9.55 Å². The minimum absolute atomic E-state index is 0.0290. The van der Waals surface area contributed by atoms with Gasteiger partial charge in [-0.25, -0.2) is 9.37 Å². The summed E-state index contributed by atoms with van der Waals surface area (Å²) in [4.78, 5) is 4.32. The molecule has 98 valence electrons. The smallest absolute Gasteiger partial charge is 0.201 e. The van der Waals surface area contributed by atoms with Crippen molar-refractivity contribution in [2.75, 3.05) is 5.73 Å². The molecule has 0 fully saturated rings. The van der Waals surface area contributed by atoms with Gasteiger partial charge in [-0.1, -0.05) is 20.8 Å². The number of rotatable bonds is 1. The molecule has 0 amide bonds. The molecule has 0 spiro atoms. The largest absolute Gasteiger partial charge is 0.369 e. The summed E-state index contributed by atoms with van der Waals surface area (Å²) in [5, 5.41) is 0. The number of hydrogen-bond acceptors (Lipinski definition) is 2. The Morgan fingerprint density at radius 1 is 1.39 bits per heavy atom. The summed E-state index contributed by atoms with van der Waals surface area (Å²) in [7, 11) is 0. The van der Waals surface area contributed by atoms with E-state index in [1.165, 1.54) is 6.07 Å². The molecule has 1 aromatic carbocycles. The Kier molecular flexibility index (Phi) is 3.29. The van der Waals surface area contributed by atoms with Crippen LogP contribution in [0.25, 0.3) is 11.0 Å². The first-order valence-corrected chi connectivity index (χ1v) is 6.92. The average Bonchev–Trinajstić information content (AvgIpc) is 2.52. The molecule has 2 rings (SSSR count). The fraction of sp³-hybridized carbons (Fsp3) is 0.462. The molecule has 0 aliphatic rings. The first-order chi connectivity index (χ1) is 8.21. The van der Waals surface area contributed by atoms with Crippen LogP contribution in [0.4, 0.5) is 10.3 Å². The molecule has 0 bridgehead atoms. The van der Waals surface area contributed by atoms with Crippen molar-refractivity contribution >= 4 is 39.6 Å². The molecule has 0 saturated carbocycles. The predicted molar refractivity (Wildman–Crippen MR) is 81.0 cm³/mol. The summed E-state index contributed by atoms with van der Waals surface area (Å²) in [5.41, 5.74) is 7.51.